The summed E-state index contributed by atoms with van der Waals surface area (Å²) in [4.78, 5) is 18.4. The second-order valence-electron chi connectivity index (χ2n) is 7.38. The number of amides is 1. The zero-order chi connectivity index (χ0) is 21.4. The minimum atomic E-state index is -0.215. The molecular weight excluding hydrogens is 415 g/mol. The van der Waals surface area contributed by atoms with Crippen LogP contribution in [0.15, 0.2) is 60.7 Å². The summed E-state index contributed by atoms with van der Waals surface area (Å²) < 4.78 is 0. The monoisotopic (exact) mass is 434 g/mol. The Hall–Kier alpha value is -2.88. The van der Waals surface area contributed by atoms with Crippen molar-refractivity contribution in [1.82, 2.24) is 4.98 Å². The van der Waals surface area contributed by atoms with Crippen LogP contribution in [0, 0.1) is 20.8 Å². The number of carbonyl (C=O) groups excluding carboxylic acids is 1. The molecule has 30 heavy (non-hydrogen) atoms. The van der Waals surface area contributed by atoms with Crippen LogP contribution in [0.3, 0.4) is 0 Å². The van der Waals surface area contributed by atoms with Gasteiger partial charge in [-0.05, 0) is 62.2 Å². The number of fused-ring (bicyclic) bond motifs is 1. The third-order valence-electron chi connectivity index (χ3n) is 5.13. The number of hydrogen-bond acceptors (Lipinski definition) is 2. The Morgan fingerprint density at radius 1 is 0.933 bits per heavy atom. The highest BCUT2D eigenvalue weighted by atomic mass is 35.5. The van der Waals surface area contributed by atoms with Crippen LogP contribution in [0.1, 0.15) is 27.0 Å². The summed E-state index contributed by atoms with van der Waals surface area (Å²) in [5, 5.41) is 4.94. The molecule has 0 aliphatic rings. The first-order chi connectivity index (χ1) is 14.3. The number of halogens is 2. The second kappa shape index (κ2) is 8.10. The van der Waals surface area contributed by atoms with Gasteiger partial charge in [0.05, 0.1) is 27.5 Å². The van der Waals surface area contributed by atoms with E-state index in [1.54, 1.807) is 12.1 Å². The van der Waals surface area contributed by atoms with E-state index in [-0.39, 0.29) is 5.91 Å². The summed E-state index contributed by atoms with van der Waals surface area (Å²) in [6.07, 6.45) is 0. The Morgan fingerprint density at radius 2 is 1.63 bits per heavy atom. The lowest BCUT2D eigenvalue weighted by atomic mass is 9.94. The number of nitrogens with zero attached hydrogens (tertiary/aromatic N) is 1. The van der Waals surface area contributed by atoms with E-state index in [0.29, 0.717) is 21.3 Å². The van der Waals surface area contributed by atoms with E-state index in [0.717, 1.165) is 38.9 Å². The summed E-state index contributed by atoms with van der Waals surface area (Å²) in [5.41, 5.74) is 6.54. The zero-order valence-electron chi connectivity index (χ0n) is 16.9. The van der Waals surface area contributed by atoms with Gasteiger partial charge >= 0.3 is 0 Å². The van der Waals surface area contributed by atoms with E-state index < -0.39 is 0 Å². The number of pyridine rings is 1. The third kappa shape index (κ3) is 3.79. The molecule has 5 heteroatoms. The molecule has 0 spiro atoms. The van der Waals surface area contributed by atoms with E-state index in [1.165, 1.54) is 0 Å². The van der Waals surface area contributed by atoms with Crippen LogP contribution in [0.4, 0.5) is 5.69 Å². The van der Waals surface area contributed by atoms with Crippen molar-refractivity contribution in [3.63, 3.8) is 0 Å². The van der Waals surface area contributed by atoms with Crippen molar-refractivity contribution >= 4 is 45.7 Å². The summed E-state index contributed by atoms with van der Waals surface area (Å²) in [6.45, 7) is 5.96. The van der Waals surface area contributed by atoms with Gasteiger partial charge in [-0.3, -0.25) is 4.79 Å². The lowest BCUT2D eigenvalue weighted by Gasteiger charge is -2.17. The number of aryl methyl sites for hydroxylation is 2. The number of anilines is 1. The van der Waals surface area contributed by atoms with Gasteiger partial charge in [-0.25, -0.2) is 4.98 Å². The first kappa shape index (κ1) is 20.4. The Labute approximate surface area is 185 Å². The van der Waals surface area contributed by atoms with E-state index in [4.69, 9.17) is 28.2 Å². The molecule has 0 saturated carbocycles. The fraction of sp³-hybridized carbons (Fsp3) is 0.120. The molecule has 4 aromatic rings. The number of aromatic nitrogens is 1. The zero-order valence-corrected chi connectivity index (χ0v) is 18.4. The molecule has 0 aliphatic heterocycles. The number of carbonyl (C=O) groups is 1. The van der Waals surface area contributed by atoms with Gasteiger partial charge in [0.2, 0.25) is 0 Å². The van der Waals surface area contributed by atoms with Crippen molar-refractivity contribution in [3.05, 3.63) is 93.0 Å². The predicted octanol–water partition coefficient (Wildman–Crippen LogP) is 7.39. The van der Waals surface area contributed by atoms with E-state index >= 15 is 0 Å². The molecule has 3 aromatic carbocycles. The van der Waals surface area contributed by atoms with Gasteiger partial charge in [-0.15, -0.1) is 0 Å². The van der Waals surface area contributed by atoms with Crippen molar-refractivity contribution in [2.75, 3.05) is 5.32 Å². The largest absolute Gasteiger partial charge is 0.321 e. The second-order valence-corrected chi connectivity index (χ2v) is 8.22. The van der Waals surface area contributed by atoms with E-state index in [2.05, 4.69) is 11.4 Å². The molecule has 0 saturated heterocycles. The molecule has 4 rings (SSSR count). The fourth-order valence-electron chi connectivity index (χ4n) is 3.74. The Morgan fingerprint density at radius 3 is 2.33 bits per heavy atom. The molecule has 0 bridgehead atoms. The van der Waals surface area contributed by atoms with Crippen molar-refractivity contribution in [3.8, 4) is 11.3 Å². The standard InChI is InChI=1S/C25H20Cl2N2O/c1-14-12-15(2)23-19(13-14)22(25(30)28-21-7-5-4-6-20(21)27)16(3)24(29-23)17-8-10-18(26)11-9-17/h4-13H,1-3H3,(H,28,30). The first-order valence-electron chi connectivity index (χ1n) is 9.58. The lowest BCUT2D eigenvalue weighted by Crippen LogP contribution is -2.16. The number of rotatable bonds is 3. The molecule has 3 nitrogen and oxygen atoms in total. The van der Waals surface area contributed by atoms with Gasteiger partial charge in [0.25, 0.3) is 5.91 Å². The highest BCUT2D eigenvalue weighted by Crippen LogP contribution is 2.33. The van der Waals surface area contributed by atoms with E-state index in [9.17, 15) is 4.79 Å². The molecule has 1 N–H and O–H groups in total. The number of benzene rings is 3. The van der Waals surface area contributed by atoms with Gasteiger partial charge in [0.15, 0.2) is 0 Å². The normalized spacial score (nSPS) is 11.0. The van der Waals surface area contributed by atoms with Crippen LogP contribution < -0.4 is 5.32 Å². The van der Waals surface area contributed by atoms with Gasteiger partial charge in [0, 0.05) is 16.0 Å². The SMILES string of the molecule is Cc1cc(C)c2nc(-c3ccc(Cl)cc3)c(C)c(C(=O)Nc3ccccc3Cl)c2c1. The Bertz CT molecular complexity index is 1280. The Balaban J connectivity index is 1.96. The Kier molecular flexibility index (Phi) is 5.50. The lowest BCUT2D eigenvalue weighted by molar-refractivity contribution is 0.102. The minimum Gasteiger partial charge on any atom is -0.321 e. The molecule has 0 unspecified atom stereocenters. The van der Waals surface area contributed by atoms with Crippen LogP contribution in [-0.2, 0) is 0 Å². The molecule has 0 atom stereocenters. The summed E-state index contributed by atoms with van der Waals surface area (Å²) in [7, 11) is 0. The molecular formula is C25H20Cl2N2O. The maximum Gasteiger partial charge on any atom is 0.256 e. The summed E-state index contributed by atoms with van der Waals surface area (Å²) in [5.74, 6) is -0.215. The van der Waals surface area contributed by atoms with E-state index in [1.807, 2.05) is 63.2 Å². The van der Waals surface area contributed by atoms with Crippen molar-refractivity contribution in [1.29, 1.82) is 0 Å². The quantitative estimate of drug-likeness (QED) is 0.365. The maximum atomic E-state index is 13.4. The van der Waals surface area contributed by atoms with Crippen molar-refractivity contribution in [2.45, 2.75) is 20.8 Å². The summed E-state index contributed by atoms with van der Waals surface area (Å²) >= 11 is 12.3. The molecule has 1 amide bonds. The van der Waals surface area contributed by atoms with Crippen molar-refractivity contribution in [2.24, 2.45) is 0 Å². The predicted molar refractivity (Wildman–Crippen MR) is 126 cm³/mol. The van der Waals surface area contributed by atoms with Gasteiger partial charge in [0.1, 0.15) is 0 Å². The van der Waals surface area contributed by atoms with Gasteiger partial charge < -0.3 is 5.32 Å². The van der Waals surface area contributed by atoms with Gasteiger partial charge in [-0.1, -0.05) is 59.1 Å². The number of hydrogen-bond donors (Lipinski definition) is 1. The minimum absolute atomic E-state index is 0.215. The van der Waals surface area contributed by atoms with Crippen LogP contribution in [0.25, 0.3) is 22.2 Å². The fourth-order valence-corrected chi connectivity index (χ4v) is 4.05. The molecule has 1 aromatic heterocycles. The molecule has 0 fully saturated rings. The number of nitrogens with one attached hydrogen (secondary N) is 1. The van der Waals surface area contributed by atoms with Crippen LogP contribution in [0.2, 0.25) is 10.0 Å². The molecule has 0 radical (unpaired) electrons. The summed E-state index contributed by atoms with van der Waals surface area (Å²) in [6, 6.07) is 18.8. The first-order valence-corrected chi connectivity index (χ1v) is 10.3. The van der Waals surface area contributed by atoms with Crippen molar-refractivity contribution < 1.29 is 4.79 Å². The van der Waals surface area contributed by atoms with Crippen LogP contribution in [-0.4, -0.2) is 10.9 Å². The van der Waals surface area contributed by atoms with Gasteiger partial charge in [-0.2, -0.15) is 0 Å². The third-order valence-corrected chi connectivity index (χ3v) is 5.72. The highest BCUT2D eigenvalue weighted by Gasteiger charge is 2.21. The smallest absolute Gasteiger partial charge is 0.256 e. The average molecular weight is 435 g/mol. The number of para-hydroxylation sites is 1. The maximum absolute atomic E-state index is 13.4. The average Bonchev–Trinajstić information content (AvgIpc) is 2.70. The molecule has 150 valence electrons. The molecule has 0 aliphatic carbocycles. The molecule has 1 heterocycles. The topological polar surface area (TPSA) is 42.0 Å². The van der Waals surface area contributed by atoms with Crippen LogP contribution in [0.5, 0.6) is 0 Å². The highest BCUT2D eigenvalue weighted by molar-refractivity contribution is 6.34. The van der Waals surface area contributed by atoms with Crippen LogP contribution >= 0.6 is 23.2 Å².